The molecule has 88 valence electrons. The van der Waals surface area contributed by atoms with Gasteiger partial charge in [0, 0.05) is 6.04 Å². The van der Waals surface area contributed by atoms with E-state index in [-0.39, 0.29) is 0 Å². The lowest BCUT2D eigenvalue weighted by Crippen LogP contribution is -2.21. The molecule has 1 aliphatic carbocycles. The van der Waals surface area contributed by atoms with Crippen LogP contribution in [0.4, 0.5) is 5.13 Å². The molecule has 5 heteroatoms. The smallest absolute Gasteiger partial charge is 0.347 e. The van der Waals surface area contributed by atoms with Crippen LogP contribution in [0.2, 0.25) is 0 Å². The van der Waals surface area contributed by atoms with Gasteiger partial charge in [-0.3, -0.25) is 0 Å². The quantitative estimate of drug-likeness (QED) is 0.852. The Kier molecular flexibility index (Phi) is 3.43. The minimum atomic E-state index is -0.883. The van der Waals surface area contributed by atoms with Crippen molar-refractivity contribution < 1.29 is 9.90 Å². The van der Waals surface area contributed by atoms with Crippen LogP contribution in [-0.2, 0) is 0 Å². The first-order chi connectivity index (χ1) is 7.66. The molecule has 0 atom stereocenters. The van der Waals surface area contributed by atoms with Crippen molar-refractivity contribution in [3.63, 3.8) is 0 Å². The van der Waals surface area contributed by atoms with Crippen LogP contribution >= 0.6 is 11.3 Å². The first-order valence-electron chi connectivity index (χ1n) is 5.64. The number of rotatable bonds is 3. The van der Waals surface area contributed by atoms with Crippen LogP contribution in [0.3, 0.4) is 0 Å². The Hall–Kier alpha value is -1.10. The van der Waals surface area contributed by atoms with Gasteiger partial charge in [0.05, 0.1) is 5.69 Å². The Morgan fingerprint density at radius 2 is 2.12 bits per heavy atom. The maximum absolute atomic E-state index is 10.9. The van der Waals surface area contributed by atoms with Crippen molar-refractivity contribution in [2.45, 2.75) is 45.1 Å². The maximum atomic E-state index is 10.9. The van der Waals surface area contributed by atoms with Crippen molar-refractivity contribution in [3.05, 3.63) is 10.6 Å². The van der Waals surface area contributed by atoms with Crippen LogP contribution < -0.4 is 5.32 Å². The van der Waals surface area contributed by atoms with E-state index in [1.807, 2.05) is 0 Å². The normalized spacial score (nSPS) is 17.3. The van der Waals surface area contributed by atoms with Crippen molar-refractivity contribution >= 4 is 22.4 Å². The van der Waals surface area contributed by atoms with Gasteiger partial charge in [-0.05, 0) is 19.8 Å². The van der Waals surface area contributed by atoms with Crippen LogP contribution in [0, 0.1) is 6.92 Å². The zero-order chi connectivity index (χ0) is 11.5. The minimum absolute atomic E-state index is 0.346. The van der Waals surface area contributed by atoms with Crippen LogP contribution in [-0.4, -0.2) is 22.1 Å². The molecule has 0 saturated heterocycles. The Morgan fingerprint density at radius 1 is 1.44 bits per heavy atom. The number of nitrogens with zero attached hydrogens (tertiary/aromatic N) is 1. The van der Waals surface area contributed by atoms with Gasteiger partial charge in [0.1, 0.15) is 4.88 Å². The molecule has 0 unspecified atom stereocenters. The Balaban J connectivity index is 2.03. The first kappa shape index (κ1) is 11.4. The second-order valence-electron chi connectivity index (χ2n) is 4.22. The van der Waals surface area contributed by atoms with E-state index < -0.39 is 5.97 Å². The Bertz CT molecular complexity index is 383. The molecule has 2 N–H and O–H groups in total. The van der Waals surface area contributed by atoms with Crippen molar-refractivity contribution in [1.29, 1.82) is 0 Å². The lowest BCUT2D eigenvalue weighted by Gasteiger charge is -2.22. The summed E-state index contributed by atoms with van der Waals surface area (Å²) in [4.78, 5) is 15.5. The topological polar surface area (TPSA) is 62.2 Å². The molecule has 1 saturated carbocycles. The number of aromatic nitrogens is 1. The Morgan fingerprint density at radius 3 is 2.69 bits per heavy atom. The standard InChI is InChI=1S/C11H16N2O2S/c1-7-9(10(14)15)16-11(12-7)13-8-5-3-2-4-6-8/h8H,2-6H2,1H3,(H,12,13)(H,14,15). The zero-order valence-electron chi connectivity index (χ0n) is 9.32. The molecular weight excluding hydrogens is 224 g/mol. The molecule has 0 aromatic carbocycles. The summed E-state index contributed by atoms with van der Waals surface area (Å²) in [5.41, 5.74) is 0.607. The number of hydrogen-bond donors (Lipinski definition) is 2. The van der Waals surface area contributed by atoms with Gasteiger partial charge in [-0.2, -0.15) is 0 Å². The van der Waals surface area contributed by atoms with E-state index in [9.17, 15) is 4.79 Å². The van der Waals surface area contributed by atoms with Gasteiger partial charge in [-0.15, -0.1) is 0 Å². The van der Waals surface area contributed by atoms with E-state index >= 15 is 0 Å². The molecule has 16 heavy (non-hydrogen) atoms. The van der Waals surface area contributed by atoms with E-state index in [1.54, 1.807) is 6.92 Å². The predicted molar refractivity (Wildman–Crippen MR) is 64.3 cm³/mol. The average molecular weight is 240 g/mol. The summed E-state index contributed by atoms with van der Waals surface area (Å²) in [7, 11) is 0. The summed E-state index contributed by atoms with van der Waals surface area (Å²) >= 11 is 1.24. The highest BCUT2D eigenvalue weighted by Crippen LogP contribution is 2.26. The van der Waals surface area contributed by atoms with Crippen molar-refractivity contribution in [2.24, 2.45) is 0 Å². The number of aromatic carboxylic acids is 1. The van der Waals surface area contributed by atoms with E-state index in [4.69, 9.17) is 5.11 Å². The number of nitrogens with one attached hydrogen (secondary N) is 1. The highest BCUT2D eigenvalue weighted by atomic mass is 32.1. The van der Waals surface area contributed by atoms with E-state index in [2.05, 4.69) is 10.3 Å². The number of carboxylic acids is 1. The van der Waals surface area contributed by atoms with Gasteiger partial charge >= 0.3 is 5.97 Å². The number of anilines is 1. The summed E-state index contributed by atoms with van der Waals surface area (Å²) in [6, 6.07) is 0.473. The van der Waals surface area contributed by atoms with E-state index in [0.717, 1.165) is 5.13 Å². The van der Waals surface area contributed by atoms with Gasteiger partial charge in [0.15, 0.2) is 5.13 Å². The van der Waals surface area contributed by atoms with Crippen LogP contribution in [0.5, 0.6) is 0 Å². The molecule has 0 amide bonds. The molecule has 1 heterocycles. The molecule has 0 radical (unpaired) electrons. The lowest BCUT2D eigenvalue weighted by molar-refractivity contribution is 0.0701. The Labute approximate surface area is 98.7 Å². The average Bonchev–Trinajstić information content (AvgIpc) is 2.61. The molecule has 0 spiro atoms. The maximum Gasteiger partial charge on any atom is 0.347 e. The number of aryl methyl sites for hydroxylation is 1. The summed E-state index contributed by atoms with van der Waals surface area (Å²) in [5.74, 6) is -0.883. The molecule has 2 rings (SSSR count). The SMILES string of the molecule is Cc1nc(NC2CCCCC2)sc1C(=O)O. The molecule has 1 aromatic rings. The third-order valence-electron chi connectivity index (χ3n) is 2.92. The fourth-order valence-electron chi connectivity index (χ4n) is 2.08. The summed E-state index contributed by atoms with van der Waals surface area (Å²) in [6.07, 6.45) is 6.17. The number of hydrogen-bond acceptors (Lipinski definition) is 4. The van der Waals surface area contributed by atoms with Gasteiger partial charge in [-0.25, -0.2) is 9.78 Å². The summed E-state index contributed by atoms with van der Waals surface area (Å²) in [6.45, 7) is 1.74. The monoisotopic (exact) mass is 240 g/mol. The largest absolute Gasteiger partial charge is 0.477 e. The molecule has 1 aliphatic rings. The fraction of sp³-hybridized carbons (Fsp3) is 0.636. The van der Waals surface area contributed by atoms with Crippen LogP contribution in [0.1, 0.15) is 47.5 Å². The third-order valence-corrected chi connectivity index (χ3v) is 4.00. The molecule has 1 aromatic heterocycles. The first-order valence-corrected chi connectivity index (χ1v) is 6.45. The number of thiazole rings is 1. The summed E-state index contributed by atoms with van der Waals surface area (Å²) in [5, 5.41) is 13.0. The molecular formula is C11H16N2O2S. The zero-order valence-corrected chi connectivity index (χ0v) is 10.1. The molecule has 1 fully saturated rings. The van der Waals surface area contributed by atoms with Crippen LogP contribution in [0.25, 0.3) is 0 Å². The van der Waals surface area contributed by atoms with E-state index in [0.29, 0.717) is 16.6 Å². The van der Waals surface area contributed by atoms with Crippen molar-refractivity contribution in [2.75, 3.05) is 5.32 Å². The third kappa shape index (κ3) is 2.52. The fourth-order valence-corrected chi connectivity index (χ4v) is 2.96. The van der Waals surface area contributed by atoms with Gasteiger partial charge < -0.3 is 10.4 Å². The van der Waals surface area contributed by atoms with Crippen molar-refractivity contribution in [3.8, 4) is 0 Å². The molecule has 4 nitrogen and oxygen atoms in total. The van der Waals surface area contributed by atoms with Crippen LogP contribution in [0.15, 0.2) is 0 Å². The second kappa shape index (κ2) is 4.82. The van der Waals surface area contributed by atoms with Gasteiger partial charge in [-0.1, -0.05) is 30.6 Å². The van der Waals surface area contributed by atoms with E-state index in [1.165, 1.54) is 43.4 Å². The van der Waals surface area contributed by atoms with Gasteiger partial charge in [0.25, 0.3) is 0 Å². The van der Waals surface area contributed by atoms with Crippen molar-refractivity contribution in [1.82, 2.24) is 4.98 Å². The number of carbonyl (C=O) groups is 1. The van der Waals surface area contributed by atoms with Gasteiger partial charge in [0.2, 0.25) is 0 Å². The predicted octanol–water partition coefficient (Wildman–Crippen LogP) is 2.89. The summed E-state index contributed by atoms with van der Waals surface area (Å²) < 4.78 is 0. The highest BCUT2D eigenvalue weighted by Gasteiger charge is 2.18. The molecule has 0 aliphatic heterocycles. The highest BCUT2D eigenvalue weighted by molar-refractivity contribution is 7.17. The second-order valence-corrected chi connectivity index (χ2v) is 5.22. The lowest BCUT2D eigenvalue weighted by atomic mass is 9.96. The molecule has 0 bridgehead atoms. The number of carboxylic acid groups (broad SMARTS) is 1. The minimum Gasteiger partial charge on any atom is -0.477 e.